The van der Waals surface area contributed by atoms with Crippen LogP contribution in [0.2, 0.25) is 0 Å². The van der Waals surface area contributed by atoms with Gasteiger partial charge in [0.2, 0.25) is 33.9 Å². The molecule has 4 rings (SSSR count). The van der Waals surface area contributed by atoms with Gasteiger partial charge in [-0.05, 0) is 93.2 Å². The van der Waals surface area contributed by atoms with Crippen LogP contribution in [0, 0.1) is 23.7 Å². The van der Waals surface area contributed by atoms with Gasteiger partial charge in [-0.15, -0.1) is 10.2 Å². The predicted octanol–water partition coefficient (Wildman–Crippen LogP) is 0.737. The summed E-state index contributed by atoms with van der Waals surface area (Å²) in [4.78, 5) is 57.6. The second-order valence-electron chi connectivity index (χ2n) is 17.6. The Balaban J connectivity index is 1.34. The van der Waals surface area contributed by atoms with Crippen molar-refractivity contribution in [3.05, 3.63) is 0 Å². The summed E-state index contributed by atoms with van der Waals surface area (Å²) < 4.78 is 15.0. The second kappa shape index (κ2) is 24.1. The summed E-state index contributed by atoms with van der Waals surface area (Å²) in [6, 6.07) is -3.30. The Bertz CT molecular complexity index is 1960. The molecule has 0 aromatic carbocycles. The molecule has 4 amide bonds. The number of hydrogen-bond donors (Lipinski definition) is 4. The Labute approximate surface area is 380 Å². The van der Waals surface area contributed by atoms with Crippen LogP contribution < -0.4 is 21.3 Å². The van der Waals surface area contributed by atoms with E-state index in [0.29, 0.717) is 36.5 Å². The number of rotatable bonds is 20. The fourth-order valence-corrected chi connectivity index (χ4v) is 8.46. The quantitative estimate of drug-likeness (QED) is 0.0816. The minimum absolute atomic E-state index is 0.0427. The third kappa shape index (κ3) is 16.0. The molecule has 22 heteroatoms. The number of carbonyl (C=O) groups excluding carboxylic acids is 4. The Morgan fingerprint density at radius 2 is 1.21 bits per heavy atom. The van der Waals surface area contributed by atoms with E-state index in [9.17, 15) is 19.2 Å². The SMILES string of the molecule is CN[C@@H](C)C(=O)N[C@H](C(=O)N1CCC[C@H]1Cn1nnnc1SC(C)(C)C)[C@@H](C)OCC#CC#CCOC[C@@H](NC(=O)[C@@H](C)NC)C(=O)N1CCC[C@@H]1Cn1nnnc1SC(C)(C)C. The molecule has 63 heavy (non-hydrogen) atoms. The molecule has 20 nitrogen and oxygen atoms in total. The average Bonchev–Trinajstić information content (AvgIpc) is 4.06. The number of thioether (sulfide) groups is 2. The van der Waals surface area contributed by atoms with Gasteiger partial charge in [-0.25, -0.2) is 9.36 Å². The number of ether oxygens (including phenoxy) is 2. The largest absolute Gasteiger partial charge is 0.366 e. The van der Waals surface area contributed by atoms with Crippen LogP contribution >= 0.6 is 23.5 Å². The van der Waals surface area contributed by atoms with Crippen molar-refractivity contribution in [1.29, 1.82) is 0 Å². The molecule has 0 saturated carbocycles. The van der Waals surface area contributed by atoms with E-state index in [0.717, 1.165) is 25.7 Å². The molecule has 0 radical (unpaired) electrons. The van der Waals surface area contributed by atoms with E-state index >= 15 is 0 Å². The lowest BCUT2D eigenvalue weighted by Gasteiger charge is -2.32. The normalized spacial score (nSPS) is 19.0. The highest BCUT2D eigenvalue weighted by Gasteiger charge is 2.39. The number of tetrazole rings is 2. The molecule has 0 bridgehead atoms. The zero-order chi connectivity index (χ0) is 46.3. The maximum absolute atomic E-state index is 14.1. The molecule has 2 aliphatic rings. The third-order valence-corrected chi connectivity index (χ3v) is 12.5. The van der Waals surface area contributed by atoms with E-state index in [2.05, 4.69) is 118 Å². The molecule has 2 fully saturated rings. The molecule has 2 aliphatic heterocycles. The molecule has 2 aromatic heterocycles. The van der Waals surface area contributed by atoms with Gasteiger partial charge in [0.1, 0.15) is 25.3 Å². The molecular formula is C41H66N14O6S2. The van der Waals surface area contributed by atoms with E-state index in [4.69, 9.17) is 9.47 Å². The van der Waals surface area contributed by atoms with Crippen LogP contribution in [-0.2, 0) is 41.7 Å². The number of nitrogens with zero attached hydrogens (tertiary/aromatic N) is 10. The lowest BCUT2D eigenvalue weighted by Crippen LogP contribution is -2.58. The van der Waals surface area contributed by atoms with Crippen molar-refractivity contribution in [1.82, 2.24) is 71.5 Å². The highest BCUT2D eigenvalue weighted by molar-refractivity contribution is 8.00. The van der Waals surface area contributed by atoms with Gasteiger partial charge in [-0.2, -0.15) is 0 Å². The molecule has 0 aliphatic carbocycles. The van der Waals surface area contributed by atoms with Gasteiger partial charge in [0.25, 0.3) is 0 Å². The number of likely N-dealkylation sites (tertiary alicyclic amines) is 2. The highest BCUT2D eigenvalue weighted by atomic mass is 32.2. The third-order valence-electron chi connectivity index (χ3n) is 10.3. The van der Waals surface area contributed by atoms with Crippen LogP contribution in [0.25, 0.3) is 0 Å². The lowest BCUT2D eigenvalue weighted by molar-refractivity contribution is -0.141. The molecule has 0 spiro atoms. The van der Waals surface area contributed by atoms with Crippen LogP contribution in [0.3, 0.4) is 0 Å². The molecular weight excluding hydrogens is 849 g/mol. The minimum Gasteiger partial charge on any atom is -0.366 e. The molecule has 0 unspecified atom stereocenters. The summed E-state index contributed by atoms with van der Waals surface area (Å²) >= 11 is 3.11. The van der Waals surface area contributed by atoms with Crippen molar-refractivity contribution in [3.8, 4) is 23.7 Å². The topological polar surface area (TPSA) is 229 Å². The number of hydrogen-bond acceptors (Lipinski definition) is 16. The van der Waals surface area contributed by atoms with Crippen molar-refractivity contribution >= 4 is 47.2 Å². The first-order valence-corrected chi connectivity index (χ1v) is 23.1. The highest BCUT2D eigenvalue weighted by Crippen LogP contribution is 2.32. The number of carbonyl (C=O) groups is 4. The van der Waals surface area contributed by atoms with Gasteiger partial charge >= 0.3 is 0 Å². The van der Waals surface area contributed by atoms with Gasteiger partial charge in [0, 0.05) is 22.6 Å². The molecule has 348 valence electrons. The first kappa shape index (κ1) is 51.3. The number of amides is 4. The molecule has 4 N–H and O–H groups in total. The maximum atomic E-state index is 14.1. The Hall–Kier alpha value is -4.32. The van der Waals surface area contributed by atoms with Gasteiger partial charge in [-0.1, -0.05) is 76.9 Å². The van der Waals surface area contributed by atoms with Gasteiger partial charge < -0.3 is 40.5 Å². The second-order valence-corrected chi connectivity index (χ2v) is 21.2. The molecule has 4 heterocycles. The van der Waals surface area contributed by atoms with Crippen LogP contribution in [0.5, 0.6) is 0 Å². The first-order valence-electron chi connectivity index (χ1n) is 21.4. The summed E-state index contributed by atoms with van der Waals surface area (Å²) in [6.45, 7) is 19.4. The lowest BCUT2D eigenvalue weighted by atomic mass is 10.1. The average molecular weight is 915 g/mol. The summed E-state index contributed by atoms with van der Waals surface area (Å²) in [5.41, 5.74) is 0. The van der Waals surface area contributed by atoms with Crippen molar-refractivity contribution in [2.45, 2.75) is 163 Å². The Morgan fingerprint density at radius 3 is 1.70 bits per heavy atom. The van der Waals surface area contributed by atoms with E-state index in [1.807, 2.05) is 0 Å². The molecule has 2 saturated heterocycles. The molecule has 2 aromatic rings. The van der Waals surface area contributed by atoms with Crippen molar-refractivity contribution < 1.29 is 28.7 Å². The Kier molecular flexibility index (Phi) is 19.6. The van der Waals surface area contributed by atoms with E-state index in [1.165, 1.54) is 0 Å². The van der Waals surface area contributed by atoms with Crippen LogP contribution in [-0.4, -0.2) is 173 Å². The van der Waals surface area contributed by atoms with Gasteiger partial charge in [0.15, 0.2) is 0 Å². The monoisotopic (exact) mass is 914 g/mol. The summed E-state index contributed by atoms with van der Waals surface area (Å²) in [5, 5.41) is 37.4. The fraction of sp³-hybridized carbons (Fsp3) is 0.756. The number of likely N-dealkylation sites (N-methyl/N-ethyl adjacent to an activating group) is 2. The summed E-state index contributed by atoms with van der Waals surface area (Å²) in [5.74, 6) is 9.96. The standard InChI is InChI=1S/C41H66N14O6S2/c1-27(42-10)34(56)44-32(36(58)52-20-16-18-30(52)24-54-38(46-48-50-54)62-40(4,5)6)26-60-22-14-12-13-15-23-61-29(3)33(45-35(57)28(2)43-11)37(59)53-21-17-19-31(53)25-55-39(47-49-51-55)63-41(7,8)9/h27-33,42-43H,16-26H2,1-11H3,(H,44,56)(H,45,57)/t27-,28+,29-,30-,31+,32-,33+/m1/s1. The zero-order valence-electron chi connectivity index (χ0n) is 38.6. The fourth-order valence-electron chi connectivity index (χ4n) is 6.77. The smallest absolute Gasteiger partial charge is 0.248 e. The molecule has 7 atom stereocenters. The van der Waals surface area contributed by atoms with E-state index in [1.54, 1.807) is 77.6 Å². The van der Waals surface area contributed by atoms with Crippen LogP contribution in [0.4, 0.5) is 0 Å². The number of nitrogens with one attached hydrogen (secondary N) is 4. The van der Waals surface area contributed by atoms with Crippen LogP contribution in [0.1, 0.15) is 88.0 Å². The zero-order valence-corrected chi connectivity index (χ0v) is 40.2. The predicted molar refractivity (Wildman–Crippen MR) is 239 cm³/mol. The minimum atomic E-state index is -0.972. The summed E-state index contributed by atoms with van der Waals surface area (Å²) in [7, 11) is 3.34. The number of aromatic nitrogens is 8. The maximum Gasteiger partial charge on any atom is 0.248 e. The van der Waals surface area contributed by atoms with E-state index in [-0.39, 0.29) is 65.0 Å². The van der Waals surface area contributed by atoms with Crippen LogP contribution in [0.15, 0.2) is 10.3 Å². The van der Waals surface area contributed by atoms with Gasteiger partial charge in [-0.3, -0.25) is 19.2 Å². The van der Waals surface area contributed by atoms with E-state index < -0.39 is 30.3 Å². The Morgan fingerprint density at radius 1 is 0.730 bits per heavy atom. The van der Waals surface area contributed by atoms with Crippen molar-refractivity contribution in [2.24, 2.45) is 0 Å². The van der Waals surface area contributed by atoms with Crippen molar-refractivity contribution in [3.63, 3.8) is 0 Å². The summed E-state index contributed by atoms with van der Waals surface area (Å²) in [6.07, 6.45) is 2.43. The first-order chi connectivity index (χ1) is 29.8. The van der Waals surface area contributed by atoms with Gasteiger partial charge in [0.05, 0.1) is 50.0 Å². The van der Waals surface area contributed by atoms with Crippen molar-refractivity contribution in [2.75, 3.05) is 47.0 Å².